The van der Waals surface area contributed by atoms with Crippen molar-refractivity contribution < 1.29 is 0 Å². The fourth-order valence-corrected chi connectivity index (χ4v) is 1.44. The molecule has 1 aromatic heterocycles. The molecule has 3 heteroatoms. The molecule has 0 bridgehead atoms. The molecule has 0 amide bonds. The molecule has 0 spiro atoms. The molecule has 0 aliphatic rings. The zero-order valence-electron chi connectivity index (χ0n) is 5.35. The summed E-state index contributed by atoms with van der Waals surface area (Å²) in [5, 5.41) is 1.01. The van der Waals surface area contributed by atoms with Gasteiger partial charge in [-0.15, -0.1) is 0 Å². The maximum absolute atomic E-state index is 4.16. The predicted octanol–water partition coefficient (Wildman–Crippen LogP) is 2.62. The zero-order chi connectivity index (χ0) is 7.40. The van der Waals surface area contributed by atoms with Crippen LogP contribution in [-0.2, 0) is 6.42 Å². The van der Waals surface area contributed by atoms with Crippen LogP contribution >= 0.6 is 38.5 Å². The lowest BCUT2D eigenvalue weighted by Crippen LogP contribution is -1.87. The highest BCUT2D eigenvalue weighted by atomic mass is 127. The van der Waals surface area contributed by atoms with Crippen molar-refractivity contribution in [2.24, 2.45) is 0 Å². The van der Waals surface area contributed by atoms with E-state index >= 15 is 0 Å². The van der Waals surface area contributed by atoms with Crippen LogP contribution in [0, 0.1) is 3.70 Å². The summed E-state index contributed by atoms with van der Waals surface area (Å²) >= 11 is 5.58. The average Bonchev–Trinajstić information content (AvgIpc) is 1.95. The molecular weight excluding hydrogens is 305 g/mol. The molecule has 0 saturated heterocycles. The number of alkyl halides is 1. The van der Waals surface area contributed by atoms with Gasteiger partial charge in [-0.1, -0.05) is 22.0 Å². The van der Waals surface area contributed by atoms with E-state index in [4.69, 9.17) is 0 Å². The molecular formula is C7H7BrIN. The molecule has 10 heavy (non-hydrogen) atoms. The molecule has 0 N–H and O–H groups in total. The topological polar surface area (TPSA) is 12.9 Å². The minimum Gasteiger partial charge on any atom is -0.250 e. The van der Waals surface area contributed by atoms with Gasteiger partial charge in [0.15, 0.2) is 0 Å². The van der Waals surface area contributed by atoms with Crippen molar-refractivity contribution in [2.75, 3.05) is 5.33 Å². The molecule has 0 fully saturated rings. The third-order valence-electron chi connectivity index (χ3n) is 1.17. The molecule has 0 aromatic carbocycles. The Morgan fingerprint density at radius 3 is 2.80 bits per heavy atom. The molecule has 0 saturated carbocycles. The second kappa shape index (κ2) is 4.28. The summed E-state index contributed by atoms with van der Waals surface area (Å²) in [6.45, 7) is 0. The van der Waals surface area contributed by atoms with Gasteiger partial charge in [0.05, 0.1) is 0 Å². The van der Waals surface area contributed by atoms with E-state index < -0.39 is 0 Å². The van der Waals surface area contributed by atoms with Crippen molar-refractivity contribution in [1.29, 1.82) is 0 Å². The van der Waals surface area contributed by atoms with Crippen LogP contribution in [-0.4, -0.2) is 10.3 Å². The molecule has 1 aromatic rings. The van der Waals surface area contributed by atoms with E-state index in [1.807, 2.05) is 12.3 Å². The Morgan fingerprint density at radius 2 is 2.30 bits per heavy atom. The number of halogens is 2. The van der Waals surface area contributed by atoms with E-state index in [1.54, 1.807) is 0 Å². The van der Waals surface area contributed by atoms with Crippen molar-refractivity contribution >= 4 is 38.5 Å². The largest absolute Gasteiger partial charge is 0.250 e. The number of aryl methyl sites for hydroxylation is 1. The minimum absolute atomic E-state index is 1.01. The van der Waals surface area contributed by atoms with E-state index in [1.165, 1.54) is 5.56 Å². The Bertz CT molecular complexity index is 197. The van der Waals surface area contributed by atoms with Gasteiger partial charge in [-0.25, -0.2) is 0 Å². The monoisotopic (exact) mass is 311 g/mol. The summed E-state index contributed by atoms with van der Waals surface area (Å²) in [6, 6.07) is 4.13. The lowest BCUT2D eigenvalue weighted by atomic mass is 10.2. The Kier molecular flexibility index (Phi) is 3.62. The summed E-state index contributed by atoms with van der Waals surface area (Å²) in [7, 11) is 0. The third kappa shape index (κ3) is 2.54. The SMILES string of the molecule is BrCCc1ccc(I)nc1. The van der Waals surface area contributed by atoms with Crippen molar-refractivity contribution in [1.82, 2.24) is 4.98 Å². The molecule has 54 valence electrons. The van der Waals surface area contributed by atoms with Gasteiger partial charge in [-0.3, -0.25) is 4.98 Å². The van der Waals surface area contributed by atoms with E-state index in [0.717, 1.165) is 15.5 Å². The second-order valence-electron chi connectivity index (χ2n) is 1.93. The van der Waals surface area contributed by atoms with E-state index in [0.29, 0.717) is 0 Å². The first-order chi connectivity index (χ1) is 4.83. The first-order valence-electron chi connectivity index (χ1n) is 2.99. The number of hydrogen-bond acceptors (Lipinski definition) is 1. The van der Waals surface area contributed by atoms with Gasteiger partial charge in [0.1, 0.15) is 3.70 Å². The van der Waals surface area contributed by atoms with Crippen LogP contribution in [0.15, 0.2) is 18.3 Å². The van der Waals surface area contributed by atoms with Crippen LogP contribution in [0.5, 0.6) is 0 Å². The standard InChI is InChI=1S/C7H7BrIN/c8-4-3-6-1-2-7(9)10-5-6/h1-2,5H,3-4H2. The summed E-state index contributed by atoms with van der Waals surface area (Å²) < 4.78 is 1.05. The Morgan fingerprint density at radius 1 is 1.50 bits per heavy atom. The fourth-order valence-electron chi connectivity index (χ4n) is 0.663. The van der Waals surface area contributed by atoms with Gasteiger partial charge in [0.2, 0.25) is 0 Å². The third-order valence-corrected chi connectivity index (χ3v) is 2.21. The lowest BCUT2D eigenvalue weighted by molar-refractivity contribution is 1.11. The minimum atomic E-state index is 1.01. The fraction of sp³-hybridized carbons (Fsp3) is 0.286. The zero-order valence-corrected chi connectivity index (χ0v) is 9.09. The van der Waals surface area contributed by atoms with Gasteiger partial charge in [-0.2, -0.15) is 0 Å². The summed E-state index contributed by atoms with van der Waals surface area (Å²) in [6.07, 6.45) is 2.98. The smallest absolute Gasteiger partial charge is 0.101 e. The van der Waals surface area contributed by atoms with Crippen LogP contribution in [0.3, 0.4) is 0 Å². The Hall–Kier alpha value is 0.360. The molecule has 1 rings (SSSR count). The number of nitrogens with zero attached hydrogens (tertiary/aromatic N) is 1. The van der Waals surface area contributed by atoms with Gasteiger partial charge in [-0.05, 0) is 40.6 Å². The molecule has 1 heterocycles. The van der Waals surface area contributed by atoms with E-state index in [2.05, 4.69) is 49.6 Å². The predicted molar refractivity (Wildman–Crippen MR) is 54.5 cm³/mol. The maximum Gasteiger partial charge on any atom is 0.101 e. The van der Waals surface area contributed by atoms with Crippen molar-refractivity contribution in [2.45, 2.75) is 6.42 Å². The van der Waals surface area contributed by atoms with Gasteiger partial charge >= 0.3 is 0 Å². The lowest BCUT2D eigenvalue weighted by Gasteiger charge is -1.94. The van der Waals surface area contributed by atoms with Gasteiger partial charge in [0.25, 0.3) is 0 Å². The van der Waals surface area contributed by atoms with Gasteiger partial charge in [0, 0.05) is 11.5 Å². The van der Waals surface area contributed by atoms with Crippen molar-refractivity contribution in [3.8, 4) is 0 Å². The van der Waals surface area contributed by atoms with Crippen LogP contribution in [0.25, 0.3) is 0 Å². The Balaban J connectivity index is 2.69. The quantitative estimate of drug-likeness (QED) is 0.465. The molecule has 0 radical (unpaired) electrons. The normalized spacial score (nSPS) is 9.80. The Labute approximate surface area is 82.5 Å². The van der Waals surface area contributed by atoms with Crippen LogP contribution in [0.1, 0.15) is 5.56 Å². The van der Waals surface area contributed by atoms with Crippen LogP contribution in [0.4, 0.5) is 0 Å². The first kappa shape index (κ1) is 8.46. The van der Waals surface area contributed by atoms with E-state index in [9.17, 15) is 0 Å². The number of pyridine rings is 1. The number of rotatable bonds is 2. The summed E-state index contributed by atoms with van der Waals surface area (Å²) in [5.74, 6) is 0. The molecule has 0 atom stereocenters. The first-order valence-corrected chi connectivity index (χ1v) is 5.19. The highest BCUT2D eigenvalue weighted by Crippen LogP contribution is 2.04. The van der Waals surface area contributed by atoms with Crippen molar-refractivity contribution in [3.05, 3.63) is 27.6 Å². The molecule has 1 nitrogen and oxygen atoms in total. The number of hydrogen-bond donors (Lipinski definition) is 0. The summed E-state index contributed by atoms with van der Waals surface area (Å²) in [5.41, 5.74) is 1.29. The highest BCUT2D eigenvalue weighted by Gasteiger charge is 1.90. The number of aromatic nitrogens is 1. The van der Waals surface area contributed by atoms with Crippen LogP contribution in [0.2, 0.25) is 0 Å². The molecule has 0 aliphatic carbocycles. The molecule has 0 aliphatic heterocycles. The van der Waals surface area contributed by atoms with E-state index in [-0.39, 0.29) is 0 Å². The molecule has 0 unspecified atom stereocenters. The average molecular weight is 312 g/mol. The maximum atomic E-state index is 4.16. The second-order valence-corrected chi connectivity index (χ2v) is 3.83. The van der Waals surface area contributed by atoms with Gasteiger partial charge < -0.3 is 0 Å². The van der Waals surface area contributed by atoms with Crippen LogP contribution < -0.4 is 0 Å². The summed E-state index contributed by atoms with van der Waals surface area (Å²) in [4.78, 5) is 4.16. The highest BCUT2D eigenvalue weighted by molar-refractivity contribution is 14.1. The van der Waals surface area contributed by atoms with Crippen molar-refractivity contribution in [3.63, 3.8) is 0 Å².